The number of benzene rings is 1. The molecule has 90 valence electrons. The molecule has 3 nitrogen and oxygen atoms in total. The van der Waals surface area contributed by atoms with Crippen LogP contribution in [0.15, 0.2) is 71.4 Å². The molecule has 1 aromatic heterocycles. The molecule has 0 N–H and O–H groups in total. The second kappa shape index (κ2) is 4.84. The normalized spacial score (nSPS) is 16.0. The van der Waals surface area contributed by atoms with Crippen molar-refractivity contribution in [3.63, 3.8) is 0 Å². The molecule has 1 aliphatic rings. The van der Waals surface area contributed by atoms with Gasteiger partial charge in [-0.15, -0.1) is 0 Å². The van der Waals surface area contributed by atoms with Crippen molar-refractivity contribution in [1.82, 2.24) is 4.98 Å². The minimum Gasteiger partial charge on any atom is -0.237 e. The molecule has 0 spiro atoms. The van der Waals surface area contributed by atoms with Crippen molar-refractivity contribution in [3.05, 3.63) is 66.4 Å². The van der Waals surface area contributed by atoms with Gasteiger partial charge in [0.2, 0.25) is 0 Å². The van der Waals surface area contributed by atoms with Crippen LogP contribution in [0.2, 0.25) is 0 Å². The molecule has 2 aromatic rings. The van der Waals surface area contributed by atoms with Crippen LogP contribution in [0.4, 0.5) is 5.82 Å². The maximum Gasteiger partial charge on any atom is 0.160 e. The Morgan fingerprint density at radius 1 is 1.05 bits per heavy atom. The predicted octanol–water partition coefficient (Wildman–Crippen LogP) is 3.19. The lowest BCUT2D eigenvalue weighted by Gasteiger charge is -2.04. The highest BCUT2D eigenvalue weighted by Gasteiger charge is 2.07. The molecule has 0 fully saturated rings. The van der Waals surface area contributed by atoms with E-state index in [-0.39, 0.29) is 0 Å². The summed E-state index contributed by atoms with van der Waals surface area (Å²) in [6.07, 6.45) is 8.82. The van der Waals surface area contributed by atoms with Crippen molar-refractivity contribution in [1.29, 1.82) is 0 Å². The van der Waals surface area contributed by atoms with Gasteiger partial charge in [-0.25, -0.2) is 14.8 Å². The van der Waals surface area contributed by atoms with Crippen molar-refractivity contribution in [2.24, 2.45) is 4.99 Å². The number of aliphatic imine (C=N–C) groups is 1. The van der Waals surface area contributed by atoms with Crippen LogP contribution in [-0.4, -0.2) is 16.6 Å². The van der Waals surface area contributed by atoms with E-state index in [2.05, 4.69) is 9.98 Å². The molecule has 1 aromatic carbocycles. The van der Waals surface area contributed by atoms with E-state index < -0.39 is 0 Å². The number of allylic oxidation sites excluding steroid dienone is 5. The zero-order chi connectivity index (χ0) is 13.1. The van der Waals surface area contributed by atoms with Crippen molar-refractivity contribution in [2.75, 3.05) is 0 Å². The second-order valence-electron chi connectivity index (χ2n) is 4.09. The van der Waals surface area contributed by atoms with Crippen molar-refractivity contribution in [2.45, 2.75) is 0 Å². The summed E-state index contributed by atoms with van der Waals surface area (Å²) in [5.74, 6) is 2.50. The Balaban J connectivity index is 2.18. The summed E-state index contributed by atoms with van der Waals surface area (Å²) in [4.78, 5) is 19.6. The molecule has 0 amide bonds. The van der Waals surface area contributed by atoms with Crippen LogP contribution in [0.25, 0.3) is 10.8 Å². The van der Waals surface area contributed by atoms with Crippen LogP contribution >= 0.6 is 0 Å². The molecular weight excluding hydrogens is 236 g/mol. The quantitative estimate of drug-likeness (QED) is 0.725. The highest BCUT2D eigenvalue weighted by Crippen LogP contribution is 2.24. The topological polar surface area (TPSA) is 42.3 Å². The minimum absolute atomic E-state index is 0.442. The zero-order valence-corrected chi connectivity index (χ0v) is 10.1. The van der Waals surface area contributed by atoms with E-state index in [1.165, 1.54) is 0 Å². The number of fused-ring (bicyclic) bond motifs is 1. The van der Waals surface area contributed by atoms with Crippen molar-refractivity contribution in [3.8, 4) is 0 Å². The third-order valence-electron chi connectivity index (χ3n) is 2.89. The Kier molecular flexibility index (Phi) is 2.89. The van der Waals surface area contributed by atoms with Gasteiger partial charge in [0.1, 0.15) is 5.94 Å². The van der Waals surface area contributed by atoms with Gasteiger partial charge in [0.25, 0.3) is 0 Å². The van der Waals surface area contributed by atoms with Gasteiger partial charge in [0, 0.05) is 11.6 Å². The fourth-order valence-corrected chi connectivity index (χ4v) is 1.96. The number of nitrogens with zero attached hydrogens (tertiary/aromatic N) is 2. The highest BCUT2D eigenvalue weighted by atomic mass is 16.1. The van der Waals surface area contributed by atoms with Gasteiger partial charge in [-0.3, -0.25) is 0 Å². The average molecular weight is 246 g/mol. The second-order valence-corrected chi connectivity index (χ2v) is 4.09. The summed E-state index contributed by atoms with van der Waals surface area (Å²) in [5.41, 5.74) is 1.03. The monoisotopic (exact) mass is 246 g/mol. The summed E-state index contributed by atoms with van der Waals surface area (Å²) in [5, 5.41) is 2.04. The number of pyridine rings is 1. The average Bonchev–Trinajstić information content (AvgIpc) is 2.48. The maximum atomic E-state index is 10.9. The first-order chi connectivity index (χ1) is 9.38. The summed E-state index contributed by atoms with van der Waals surface area (Å²) in [6.45, 7) is 0. The third kappa shape index (κ3) is 2.15. The highest BCUT2D eigenvalue weighted by molar-refractivity contribution is 6.17. The van der Waals surface area contributed by atoms with Gasteiger partial charge in [-0.05, 0) is 23.6 Å². The molecule has 0 bridgehead atoms. The van der Waals surface area contributed by atoms with E-state index in [4.69, 9.17) is 0 Å². The van der Waals surface area contributed by atoms with Gasteiger partial charge >= 0.3 is 0 Å². The van der Waals surface area contributed by atoms with Gasteiger partial charge in [0.05, 0.1) is 11.3 Å². The Morgan fingerprint density at radius 3 is 2.79 bits per heavy atom. The summed E-state index contributed by atoms with van der Waals surface area (Å²) < 4.78 is 0. The van der Waals surface area contributed by atoms with E-state index in [0.717, 1.165) is 10.8 Å². The smallest absolute Gasteiger partial charge is 0.160 e. The van der Waals surface area contributed by atoms with E-state index >= 15 is 0 Å². The van der Waals surface area contributed by atoms with Crippen LogP contribution in [0.1, 0.15) is 0 Å². The molecule has 1 aliphatic carbocycles. The van der Waals surface area contributed by atoms with E-state index in [9.17, 15) is 4.79 Å². The Bertz CT molecular complexity index is 773. The maximum absolute atomic E-state index is 10.9. The van der Waals surface area contributed by atoms with Crippen LogP contribution in [0, 0.1) is 0 Å². The van der Waals surface area contributed by atoms with E-state index in [1.54, 1.807) is 24.4 Å². The molecule has 0 saturated carbocycles. The van der Waals surface area contributed by atoms with E-state index in [0.29, 0.717) is 17.1 Å². The standard InChI is InChI=1S/C16H10N2O/c19-11-13-6-2-4-8-15(13)18-16-14-7-3-1-5-12(14)9-10-17-16/h1-10H. The number of carbonyl (C=O) groups excluding carboxylic acids is 1. The largest absolute Gasteiger partial charge is 0.237 e. The molecule has 3 rings (SSSR count). The summed E-state index contributed by atoms with van der Waals surface area (Å²) in [6, 6.07) is 9.83. The van der Waals surface area contributed by atoms with Gasteiger partial charge in [0.15, 0.2) is 5.82 Å². The number of rotatable bonds is 1. The molecular formula is C16H10N2O. The number of aromatic nitrogens is 1. The van der Waals surface area contributed by atoms with Crippen molar-refractivity contribution < 1.29 is 4.79 Å². The molecule has 1 heterocycles. The Morgan fingerprint density at radius 2 is 1.89 bits per heavy atom. The fourth-order valence-electron chi connectivity index (χ4n) is 1.96. The first kappa shape index (κ1) is 11.3. The Hall–Kier alpha value is -2.77. The number of hydrogen-bond donors (Lipinski definition) is 0. The van der Waals surface area contributed by atoms with Crippen LogP contribution in [0.5, 0.6) is 0 Å². The molecule has 0 atom stereocenters. The molecule has 0 aliphatic heterocycles. The molecule has 0 radical (unpaired) electrons. The molecule has 19 heavy (non-hydrogen) atoms. The predicted molar refractivity (Wildman–Crippen MR) is 76.3 cm³/mol. The molecule has 3 heteroatoms. The Labute approximate surface area is 110 Å². The minimum atomic E-state index is 0.442. The first-order valence-corrected chi connectivity index (χ1v) is 5.91. The summed E-state index contributed by atoms with van der Waals surface area (Å²) in [7, 11) is 0. The molecule has 0 saturated heterocycles. The lowest BCUT2D eigenvalue weighted by molar-refractivity contribution is 0.568. The molecule has 0 unspecified atom stereocenters. The van der Waals surface area contributed by atoms with Crippen LogP contribution in [0.3, 0.4) is 0 Å². The zero-order valence-electron chi connectivity index (χ0n) is 10.1. The van der Waals surface area contributed by atoms with Gasteiger partial charge < -0.3 is 0 Å². The van der Waals surface area contributed by atoms with Gasteiger partial charge in [-0.2, -0.15) is 0 Å². The van der Waals surface area contributed by atoms with Crippen molar-refractivity contribution >= 4 is 28.2 Å². The third-order valence-corrected chi connectivity index (χ3v) is 2.89. The van der Waals surface area contributed by atoms with Crippen LogP contribution in [-0.2, 0) is 4.79 Å². The SMILES string of the molecule is O=C=C1C=CC=CC1=Nc1nccc2ccccc12. The van der Waals surface area contributed by atoms with Gasteiger partial charge in [-0.1, -0.05) is 36.4 Å². The lowest BCUT2D eigenvalue weighted by Crippen LogP contribution is -2.00. The van der Waals surface area contributed by atoms with E-state index in [1.807, 2.05) is 42.3 Å². The number of hydrogen-bond acceptors (Lipinski definition) is 3. The van der Waals surface area contributed by atoms with Crippen LogP contribution < -0.4 is 0 Å². The summed E-state index contributed by atoms with van der Waals surface area (Å²) >= 11 is 0. The lowest BCUT2D eigenvalue weighted by atomic mass is 10.1. The fraction of sp³-hybridized carbons (Fsp3) is 0. The first-order valence-electron chi connectivity index (χ1n) is 5.91.